The van der Waals surface area contributed by atoms with Crippen molar-refractivity contribution in [1.29, 1.82) is 0 Å². The fraction of sp³-hybridized carbons (Fsp3) is 0.556. The predicted octanol–water partition coefficient (Wildman–Crippen LogP) is 1.73. The van der Waals surface area contributed by atoms with E-state index in [1.165, 1.54) is 0 Å². The average molecular weight is 349 g/mol. The Morgan fingerprint density at radius 2 is 1.72 bits per heavy atom. The second-order valence-corrected chi connectivity index (χ2v) is 6.27. The van der Waals surface area contributed by atoms with Gasteiger partial charge in [-0.25, -0.2) is 4.79 Å². The Balaban J connectivity index is 1.85. The van der Waals surface area contributed by atoms with Crippen LogP contribution in [-0.2, 0) is 4.79 Å². The number of hydrogen-bond acceptors (Lipinski definition) is 4. The number of amides is 3. The molecule has 2 rings (SSSR count). The number of carbonyl (C=O) groups excluding carboxylic acids is 2. The highest BCUT2D eigenvalue weighted by atomic mass is 16.5. The SMILES string of the molecule is COc1ccccc1OCC(=O)N1CCCN(C(=O)NC(C)C)CC1. The molecule has 1 saturated heterocycles. The van der Waals surface area contributed by atoms with Crippen molar-refractivity contribution < 1.29 is 19.1 Å². The molecule has 0 unspecified atom stereocenters. The molecule has 1 aromatic rings. The normalized spacial score (nSPS) is 14.9. The lowest BCUT2D eigenvalue weighted by atomic mass is 10.3. The Morgan fingerprint density at radius 3 is 2.40 bits per heavy atom. The Labute approximate surface area is 148 Å². The van der Waals surface area contributed by atoms with Gasteiger partial charge in [-0.3, -0.25) is 4.79 Å². The van der Waals surface area contributed by atoms with Crippen LogP contribution in [0.15, 0.2) is 24.3 Å². The maximum absolute atomic E-state index is 12.4. The smallest absolute Gasteiger partial charge is 0.317 e. The van der Waals surface area contributed by atoms with Crippen molar-refractivity contribution in [3.05, 3.63) is 24.3 Å². The van der Waals surface area contributed by atoms with Gasteiger partial charge in [-0.05, 0) is 32.4 Å². The van der Waals surface area contributed by atoms with Gasteiger partial charge in [0.1, 0.15) is 0 Å². The predicted molar refractivity (Wildman–Crippen MR) is 94.9 cm³/mol. The highest BCUT2D eigenvalue weighted by molar-refractivity contribution is 5.78. The van der Waals surface area contributed by atoms with Gasteiger partial charge in [0.25, 0.3) is 5.91 Å². The maximum atomic E-state index is 12.4. The van der Waals surface area contributed by atoms with Gasteiger partial charge < -0.3 is 24.6 Å². The van der Waals surface area contributed by atoms with E-state index in [1.54, 1.807) is 29.0 Å². The van der Waals surface area contributed by atoms with Crippen LogP contribution in [0.25, 0.3) is 0 Å². The maximum Gasteiger partial charge on any atom is 0.317 e. The first kappa shape index (κ1) is 18.9. The summed E-state index contributed by atoms with van der Waals surface area (Å²) in [6.45, 7) is 6.13. The molecule has 7 heteroatoms. The van der Waals surface area contributed by atoms with Crippen molar-refractivity contribution in [2.24, 2.45) is 0 Å². The molecule has 7 nitrogen and oxygen atoms in total. The van der Waals surface area contributed by atoms with Gasteiger partial charge in [0.2, 0.25) is 0 Å². The van der Waals surface area contributed by atoms with Crippen LogP contribution in [0.2, 0.25) is 0 Å². The lowest BCUT2D eigenvalue weighted by Crippen LogP contribution is -2.45. The molecule has 0 spiro atoms. The molecule has 0 aromatic heterocycles. The molecule has 1 fully saturated rings. The summed E-state index contributed by atoms with van der Waals surface area (Å²) in [7, 11) is 1.57. The molecule has 0 aliphatic carbocycles. The number of rotatable bonds is 5. The summed E-state index contributed by atoms with van der Waals surface area (Å²) in [6, 6.07) is 7.26. The number of methoxy groups -OCH3 is 1. The first-order chi connectivity index (χ1) is 12.0. The van der Waals surface area contributed by atoms with Crippen LogP contribution in [0.3, 0.4) is 0 Å². The number of nitrogens with zero attached hydrogens (tertiary/aromatic N) is 2. The zero-order valence-corrected chi connectivity index (χ0v) is 15.2. The van der Waals surface area contributed by atoms with E-state index in [0.717, 1.165) is 6.42 Å². The first-order valence-electron chi connectivity index (χ1n) is 8.60. The Bertz CT molecular complexity index is 591. The zero-order valence-electron chi connectivity index (χ0n) is 15.2. The molecule has 1 aromatic carbocycles. The molecule has 0 radical (unpaired) electrons. The number of ether oxygens (including phenoxy) is 2. The van der Waals surface area contributed by atoms with Crippen LogP contribution < -0.4 is 14.8 Å². The molecule has 3 amide bonds. The fourth-order valence-electron chi connectivity index (χ4n) is 2.68. The van der Waals surface area contributed by atoms with Gasteiger partial charge in [0.15, 0.2) is 18.1 Å². The summed E-state index contributed by atoms with van der Waals surface area (Å²) in [4.78, 5) is 28.0. The minimum absolute atomic E-state index is 0.0431. The molecule has 138 valence electrons. The molecule has 1 aliphatic heterocycles. The molecule has 1 aliphatic rings. The molecule has 25 heavy (non-hydrogen) atoms. The first-order valence-corrected chi connectivity index (χ1v) is 8.60. The van der Waals surface area contributed by atoms with Gasteiger partial charge in [0.05, 0.1) is 7.11 Å². The largest absolute Gasteiger partial charge is 0.493 e. The van der Waals surface area contributed by atoms with Crippen molar-refractivity contribution in [3.63, 3.8) is 0 Å². The van der Waals surface area contributed by atoms with Crippen LogP contribution in [0, 0.1) is 0 Å². The number of urea groups is 1. The van der Waals surface area contributed by atoms with Gasteiger partial charge in [-0.15, -0.1) is 0 Å². The standard InChI is InChI=1S/C18H27N3O4/c1-14(2)19-18(23)21-10-6-9-20(11-12-21)17(22)13-25-16-8-5-4-7-15(16)24-3/h4-5,7-8,14H,6,9-13H2,1-3H3,(H,19,23). The molecule has 0 bridgehead atoms. The average Bonchev–Trinajstić information content (AvgIpc) is 2.85. The monoisotopic (exact) mass is 349 g/mol. The number of carbonyl (C=O) groups is 2. The molecular formula is C18H27N3O4. The fourth-order valence-corrected chi connectivity index (χ4v) is 2.68. The van der Waals surface area contributed by atoms with Crippen LogP contribution in [0.4, 0.5) is 4.79 Å². The van der Waals surface area contributed by atoms with E-state index in [9.17, 15) is 9.59 Å². The van der Waals surface area contributed by atoms with E-state index in [2.05, 4.69) is 5.32 Å². The van der Waals surface area contributed by atoms with Gasteiger partial charge >= 0.3 is 6.03 Å². The molecule has 1 heterocycles. The van der Waals surface area contributed by atoms with E-state index in [0.29, 0.717) is 37.7 Å². The van der Waals surface area contributed by atoms with Crippen LogP contribution in [0.5, 0.6) is 11.5 Å². The second kappa shape index (κ2) is 9.15. The third-order valence-corrected chi connectivity index (χ3v) is 3.97. The topological polar surface area (TPSA) is 71.1 Å². The minimum atomic E-state index is -0.0861. The van der Waals surface area contributed by atoms with E-state index in [1.807, 2.05) is 26.0 Å². The molecule has 0 saturated carbocycles. The van der Waals surface area contributed by atoms with Gasteiger partial charge in [0, 0.05) is 32.2 Å². The summed E-state index contributed by atoms with van der Waals surface area (Å²) < 4.78 is 10.8. The van der Waals surface area contributed by atoms with Crippen molar-refractivity contribution in [3.8, 4) is 11.5 Å². The number of benzene rings is 1. The van der Waals surface area contributed by atoms with Gasteiger partial charge in [-0.2, -0.15) is 0 Å². The second-order valence-electron chi connectivity index (χ2n) is 6.27. The summed E-state index contributed by atoms with van der Waals surface area (Å²) in [5.74, 6) is 1.06. The molecular weight excluding hydrogens is 322 g/mol. The van der Waals surface area contributed by atoms with Crippen molar-refractivity contribution in [2.75, 3.05) is 39.9 Å². The van der Waals surface area contributed by atoms with E-state index in [4.69, 9.17) is 9.47 Å². The Hall–Kier alpha value is -2.44. The number of para-hydroxylation sites is 2. The van der Waals surface area contributed by atoms with Crippen LogP contribution in [0.1, 0.15) is 20.3 Å². The van der Waals surface area contributed by atoms with Crippen LogP contribution in [-0.4, -0.2) is 67.7 Å². The van der Waals surface area contributed by atoms with Crippen molar-refractivity contribution in [2.45, 2.75) is 26.3 Å². The van der Waals surface area contributed by atoms with Gasteiger partial charge in [-0.1, -0.05) is 12.1 Å². The third kappa shape index (κ3) is 5.55. The Morgan fingerprint density at radius 1 is 1.08 bits per heavy atom. The van der Waals surface area contributed by atoms with Crippen molar-refractivity contribution >= 4 is 11.9 Å². The summed E-state index contributed by atoms with van der Waals surface area (Å²) >= 11 is 0. The summed E-state index contributed by atoms with van der Waals surface area (Å²) in [6.07, 6.45) is 0.756. The summed E-state index contributed by atoms with van der Waals surface area (Å²) in [5, 5.41) is 2.89. The molecule has 0 atom stereocenters. The minimum Gasteiger partial charge on any atom is -0.493 e. The third-order valence-electron chi connectivity index (χ3n) is 3.97. The lowest BCUT2D eigenvalue weighted by Gasteiger charge is -2.23. The summed E-state index contributed by atoms with van der Waals surface area (Å²) in [5.41, 5.74) is 0. The van der Waals surface area contributed by atoms with E-state index in [-0.39, 0.29) is 24.6 Å². The van der Waals surface area contributed by atoms with Crippen LogP contribution >= 0.6 is 0 Å². The lowest BCUT2D eigenvalue weighted by molar-refractivity contribution is -0.133. The quantitative estimate of drug-likeness (QED) is 0.879. The highest BCUT2D eigenvalue weighted by Gasteiger charge is 2.22. The number of hydrogen-bond donors (Lipinski definition) is 1. The van der Waals surface area contributed by atoms with Crippen molar-refractivity contribution in [1.82, 2.24) is 15.1 Å². The van der Waals surface area contributed by atoms with E-state index >= 15 is 0 Å². The Kier molecular flexibility index (Phi) is 6.91. The zero-order chi connectivity index (χ0) is 18.2. The number of nitrogens with one attached hydrogen (secondary N) is 1. The van der Waals surface area contributed by atoms with E-state index < -0.39 is 0 Å². The molecule has 1 N–H and O–H groups in total. The highest BCUT2D eigenvalue weighted by Crippen LogP contribution is 2.25.